The lowest BCUT2D eigenvalue weighted by Gasteiger charge is -2.21. The minimum atomic E-state index is -1.08. The second-order valence-corrected chi connectivity index (χ2v) is 8.88. The van der Waals surface area contributed by atoms with Crippen molar-refractivity contribution < 1.29 is 9.84 Å². The third kappa shape index (κ3) is 3.99. The molecular formula is C25H27N3O4. The van der Waals surface area contributed by atoms with Gasteiger partial charge in [0.2, 0.25) is 0 Å². The molecule has 0 amide bonds. The number of benzene rings is 1. The molecule has 0 radical (unpaired) electrons. The fraction of sp³-hybridized carbons (Fsp3) is 0.280. The molecule has 32 heavy (non-hydrogen) atoms. The van der Waals surface area contributed by atoms with Crippen molar-refractivity contribution >= 4 is 10.9 Å². The Morgan fingerprint density at radius 1 is 1.06 bits per heavy atom. The minimum absolute atomic E-state index is 0.113. The van der Waals surface area contributed by atoms with Gasteiger partial charge in [-0.1, -0.05) is 18.2 Å². The van der Waals surface area contributed by atoms with E-state index < -0.39 is 5.60 Å². The average molecular weight is 434 g/mol. The van der Waals surface area contributed by atoms with E-state index in [1.54, 1.807) is 39.5 Å². The fourth-order valence-corrected chi connectivity index (χ4v) is 3.94. The van der Waals surface area contributed by atoms with Crippen LogP contribution in [-0.2, 0) is 13.6 Å². The molecule has 0 aliphatic rings. The maximum absolute atomic E-state index is 13.0. The molecule has 7 nitrogen and oxygen atoms in total. The number of fused-ring (bicyclic) bond motifs is 1. The van der Waals surface area contributed by atoms with Gasteiger partial charge in [-0.25, -0.2) is 0 Å². The number of nitrogens with zero attached hydrogens (tertiary/aromatic N) is 2. The molecule has 3 aromatic heterocycles. The first-order valence-corrected chi connectivity index (χ1v) is 10.4. The largest absolute Gasteiger partial charge is 0.455 e. The Labute approximate surface area is 185 Å². The van der Waals surface area contributed by atoms with Gasteiger partial charge in [0.25, 0.3) is 11.1 Å². The van der Waals surface area contributed by atoms with E-state index in [0.717, 1.165) is 11.1 Å². The molecule has 166 valence electrons. The number of rotatable bonds is 5. The summed E-state index contributed by atoms with van der Waals surface area (Å²) >= 11 is 0. The summed E-state index contributed by atoms with van der Waals surface area (Å²) in [5.74, 6) is 1.17. The predicted molar refractivity (Wildman–Crippen MR) is 126 cm³/mol. The van der Waals surface area contributed by atoms with Crippen molar-refractivity contribution in [2.24, 2.45) is 7.05 Å². The van der Waals surface area contributed by atoms with Gasteiger partial charge in [0.05, 0.1) is 18.3 Å². The average Bonchev–Trinajstić information content (AvgIpc) is 3.19. The number of H-pyrrole nitrogens is 1. The van der Waals surface area contributed by atoms with E-state index in [0.29, 0.717) is 33.5 Å². The van der Waals surface area contributed by atoms with Crippen molar-refractivity contribution in [2.45, 2.75) is 39.8 Å². The zero-order valence-corrected chi connectivity index (χ0v) is 18.9. The number of hydrogen-bond acceptors (Lipinski definition) is 4. The van der Waals surface area contributed by atoms with Crippen LogP contribution in [0.2, 0.25) is 0 Å². The summed E-state index contributed by atoms with van der Waals surface area (Å²) in [5.41, 5.74) is 2.17. The van der Waals surface area contributed by atoms with Crippen LogP contribution in [0.5, 0.6) is 11.5 Å². The fourth-order valence-electron chi connectivity index (χ4n) is 3.94. The molecule has 0 aliphatic carbocycles. The smallest absolute Gasteiger partial charge is 0.274 e. The van der Waals surface area contributed by atoms with Crippen molar-refractivity contribution in [2.75, 3.05) is 0 Å². The molecule has 0 atom stereocenters. The number of pyridine rings is 2. The van der Waals surface area contributed by atoms with Crippen LogP contribution >= 0.6 is 0 Å². The molecule has 0 saturated heterocycles. The number of aliphatic hydroxyl groups is 1. The number of hydrogen-bond donors (Lipinski definition) is 2. The summed E-state index contributed by atoms with van der Waals surface area (Å²) in [7, 11) is 1.67. The van der Waals surface area contributed by atoms with Gasteiger partial charge in [0, 0.05) is 42.0 Å². The van der Waals surface area contributed by atoms with Gasteiger partial charge in [-0.15, -0.1) is 0 Å². The number of para-hydroxylation sites is 1. The van der Waals surface area contributed by atoms with E-state index >= 15 is 0 Å². The van der Waals surface area contributed by atoms with Gasteiger partial charge in [-0.3, -0.25) is 9.59 Å². The third-order valence-corrected chi connectivity index (χ3v) is 5.45. The van der Waals surface area contributed by atoms with E-state index in [4.69, 9.17) is 4.74 Å². The quantitative estimate of drug-likeness (QED) is 0.500. The molecule has 0 unspecified atom stereocenters. The molecular weight excluding hydrogens is 406 g/mol. The Bertz CT molecular complexity index is 1410. The highest BCUT2D eigenvalue weighted by Crippen LogP contribution is 2.37. The second kappa shape index (κ2) is 7.84. The molecule has 7 heteroatoms. The first kappa shape index (κ1) is 21.6. The van der Waals surface area contributed by atoms with Crippen molar-refractivity contribution in [3.8, 4) is 22.6 Å². The van der Waals surface area contributed by atoms with Gasteiger partial charge in [0.1, 0.15) is 11.3 Å². The van der Waals surface area contributed by atoms with E-state index in [2.05, 4.69) is 4.98 Å². The van der Waals surface area contributed by atoms with Gasteiger partial charge in [0.15, 0.2) is 5.75 Å². The molecule has 4 rings (SSSR count). The standard InChI is InChI=1S/C25H27N3O4/c1-15-7-6-8-16(2)23(15)32-20-13-28(14-25(3,4)31)21(29)11-18(20)19-12-27(5)24(30)22-17(19)9-10-26-22/h6-13,26,31H,14H2,1-5H3. The third-order valence-electron chi connectivity index (χ3n) is 5.45. The molecule has 2 N–H and O–H groups in total. The monoisotopic (exact) mass is 433 g/mol. The highest BCUT2D eigenvalue weighted by molar-refractivity contribution is 5.95. The summed E-state index contributed by atoms with van der Waals surface area (Å²) in [6, 6.07) is 9.21. The molecule has 0 spiro atoms. The van der Waals surface area contributed by atoms with Crippen molar-refractivity contribution in [1.82, 2.24) is 14.1 Å². The Morgan fingerprint density at radius 2 is 1.75 bits per heavy atom. The first-order valence-electron chi connectivity index (χ1n) is 10.4. The van der Waals surface area contributed by atoms with Crippen LogP contribution in [0, 0.1) is 13.8 Å². The van der Waals surface area contributed by atoms with Crippen LogP contribution in [0.3, 0.4) is 0 Å². The highest BCUT2D eigenvalue weighted by atomic mass is 16.5. The lowest BCUT2D eigenvalue weighted by Crippen LogP contribution is -2.32. The lowest BCUT2D eigenvalue weighted by atomic mass is 10.0. The summed E-state index contributed by atoms with van der Waals surface area (Å²) in [4.78, 5) is 28.5. The topological polar surface area (TPSA) is 89.2 Å². The Morgan fingerprint density at radius 3 is 2.41 bits per heavy atom. The van der Waals surface area contributed by atoms with Crippen LogP contribution in [0.4, 0.5) is 0 Å². The minimum Gasteiger partial charge on any atom is -0.455 e. The number of ether oxygens (including phenoxy) is 1. The van der Waals surface area contributed by atoms with Crippen molar-refractivity contribution in [3.05, 3.63) is 80.8 Å². The first-order chi connectivity index (χ1) is 15.0. The molecule has 4 aromatic rings. The Balaban J connectivity index is 2.00. The number of aromatic nitrogens is 3. The number of nitrogens with one attached hydrogen (secondary N) is 1. The SMILES string of the molecule is Cc1cccc(C)c1Oc1cn(CC(C)(C)O)c(=O)cc1-c1cn(C)c(=O)c2[nH]ccc12. The maximum atomic E-state index is 13.0. The van der Waals surface area contributed by atoms with Crippen LogP contribution in [-0.4, -0.2) is 24.8 Å². The number of aryl methyl sites for hydroxylation is 3. The Hall–Kier alpha value is -3.58. The van der Waals surface area contributed by atoms with E-state index in [9.17, 15) is 14.7 Å². The molecule has 0 saturated carbocycles. The van der Waals surface area contributed by atoms with Crippen LogP contribution in [0.25, 0.3) is 22.0 Å². The van der Waals surface area contributed by atoms with Crippen LogP contribution < -0.4 is 15.9 Å². The van der Waals surface area contributed by atoms with Gasteiger partial charge in [-0.2, -0.15) is 0 Å². The van der Waals surface area contributed by atoms with Crippen molar-refractivity contribution in [1.29, 1.82) is 0 Å². The van der Waals surface area contributed by atoms with E-state index in [-0.39, 0.29) is 17.7 Å². The zero-order chi connectivity index (χ0) is 23.2. The molecule has 0 fully saturated rings. The van der Waals surface area contributed by atoms with Crippen molar-refractivity contribution in [3.63, 3.8) is 0 Å². The molecule has 0 aliphatic heterocycles. The zero-order valence-electron chi connectivity index (χ0n) is 18.9. The summed E-state index contributed by atoms with van der Waals surface area (Å²) < 4.78 is 9.32. The maximum Gasteiger partial charge on any atom is 0.274 e. The van der Waals surface area contributed by atoms with E-state index in [1.165, 1.54) is 15.2 Å². The number of aromatic amines is 1. The summed E-state index contributed by atoms with van der Waals surface area (Å²) in [6.45, 7) is 7.34. The van der Waals surface area contributed by atoms with Crippen LogP contribution in [0.1, 0.15) is 25.0 Å². The van der Waals surface area contributed by atoms with E-state index in [1.807, 2.05) is 38.1 Å². The second-order valence-electron chi connectivity index (χ2n) is 8.88. The van der Waals surface area contributed by atoms with Gasteiger partial charge in [-0.05, 0) is 44.9 Å². The normalized spacial score (nSPS) is 11.8. The summed E-state index contributed by atoms with van der Waals surface area (Å²) in [5, 5.41) is 11.0. The van der Waals surface area contributed by atoms with Gasteiger partial charge >= 0.3 is 0 Å². The summed E-state index contributed by atoms with van der Waals surface area (Å²) in [6.07, 6.45) is 5.05. The predicted octanol–water partition coefficient (Wildman–Crippen LogP) is 3.88. The van der Waals surface area contributed by atoms with Crippen LogP contribution in [0.15, 0.2) is 58.5 Å². The lowest BCUT2D eigenvalue weighted by molar-refractivity contribution is 0.0603. The molecule has 3 heterocycles. The Kier molecular flexibility index (Phi) is 5.30. The molecule has 1 aromatic carbocycles. The highest BCUT2D eigenvalue weighted by Gasteiger charge is 2.20. The van der Waals surface area contributed by atoms with Gasteiger partial charge < -0.3 is 24.0 Å². The molecule has 0 bridgehead atoms.